The number of nitrogens with one attached hydrogen (secondary N) is 2. The summed E-state index contributed by atoms with van der Waals surface area (Å²) in [5.41, 5.74) is -5.25. The lowest BCUT2D eigenvalue weighted by Gasteiger charge is -2.34. The third kappa shape index (κ3) is 4.96. The third-order valence-corrected chi connectivity index (χ3v) is 3.65. The van der Waals surface area contributed by atoms with E-state index >= 15 is 0 Å². The summed E-state index contributed by atoms with van der Waals surface area (Å²) < 4.78 is 89.9. The zero-order chi connectivity index (χ0) is 20.2. The fraction of sp³-hybridized carbons (Fsp3) is 0.429. The summed E-state index contributed by atoms with van der Waals surface area (Å²) >= 11 is 4.67. The van der Waals surface area contributed by atoms with Gasteiger partial charge >= 0.3 is 24.0 Å². The molecule has 0 fully saturated rings. The zero-order valence-electron chi connectivity index (χ0n) is 12.8. The van der Waals surface area contributed by atoms with Crippen LogP contribution in [0.2, 0.25) is 0 Å². The van der Waals surface area contributed by atoms with Crippen molar-refractivity contribution in [2.24, 2.45) is 5.92 Å². The second-order valence-electron chi connectivity index (χ2n) is 5.15. The van der Waals surface area contributed by atoms with Crippen LogP contribution in [0.1, 0.15) is 5.56 Å². The Hall–Kier alpha value is -2.11. The molecule has 1 unspecified atom stereocenters. The van der Waals surface area contributed by atoms with Crippen LogP contribution in [0.4, 0.5) is 30.7 Å². The fourth-order valence-corrected chi connectivity index (χ4v) is 2.14. The highest BCUT2D eigenvalue weighted by Gasteiger charge is 2.77. The molecular weight excluding hydrogens is 393 g/mol. The van der Waals surface area contributed by atoms with Crippen molar-refractivity contribution in [3.8, 4) is 0 Å². The van der Waals surface area contributed by atoms with Gasteiger partial charge in [0.1, 0.15) is 5.92 Å². The highest BCUT2D eigenvalue weighted by Crippen LogP contribution is 2.50. The first kappa shape index (κ1) is 21.9. The number of aliphatic carboxylic acids is 1. The second-order valence-corrected chi connectivity index (χ2v) is 5.56. The summed E-state index contributed by atoms with van der Waals surface area (Å²) in [5, 5.41) is 12.6. The number of alkyl halides is 7. The molecule has 0 radical (unpaired) electrons. The van der Waals surface area contributed by atoms with E-state index in [0.717, 1.165) is 0 Å². The van der Waals surface area contributed by atoms with Gasteiger partial charge < -0.3 is 15.7 Å². The zero-order valence-corrected chi connectivity index (χ0v) is 13.6. The van der Waals surface area contributed by atoms with Gasteiger partial charge in [-0.05, 0) is 17.8 Å². The summed E-state index contributed by atoms with van der Waals surface area (Å²) in [6.45, 7) is -1.45. The average Bonchev–Trinajstić information content (AvgIpc) is 2.51. The molecule has 0 aliphatic rings. The molecular formula is C14H13F7N2O2S. The number of carboxylic acid groups (broad SMARTS) is 1. The molecule has 1 atom stereocenters. The molecule has 0 aliphatic carbocycles. The third-order valence-electron chi connectivity index (χ3n) is 3.37. The molecule has 0 spiro atoms. The number of hydrogen-bond acceptors (Lipinski definition) is 2. The van der Waals surface area contributed by atoms with Gasteiger partial charge in [-0.3, -0.25) is 4.79 Å². The Morgan fingerprint density at radius 2 is 1.50 bits per heavy atom. The maximum absolute atomic E-state index is 13.9. The Labute approximate surface area is 148 Å². The lowest BCUT2D eigenvalue weighted by Crippen LogP contribution is -2.62. The normalized spacial score (nSPS) is 13.8. The fourth-order valence-electron chi connectivity index (χ4n) is 1.99. The van der Waals surface area contributed by atoms with Crippen molar-refractivity contribution < 1.29 is 40.6 Å². The van der Waals surface area contributed by atoms with Gasteiger partial charge in [0.15, 0.2) is 5.11 Å². The predicted molar refractivity (Wildman–Crippen MR) is 81.0 cm³/mol. The van der Waals surface area contributed by atoms with Crippen molar-refractivity contribution in [3.63, 3.8) is 0 Å². The smallest absolute Gasteiger partial charge is 0.432 e. The van der Waals surface area contributed by atoms with Gasteiger partial charge in [0, 0.05) is 13.1 Å². The molecule has 0 bridgehead atoms. The average molecular weight is 406 g/mol. The minimum atomic E-state index is -6.48. The van der Waals surface area contributed by atoms with E-state index in [0.29, 0.717) is 5.56 Å². The number of thiocarbonyl (C=S) groups is 1. The number of rotatable bonds is 6. The summed E-state index contributed by atoms with van der Waals surface area (Å²) in [7, 11) is 0. The van der Waals surface area contributed by atoms with E-state index in [1.165, 1.54) is 0 Å². The number of benzene rings is 1. The Bertz CT molecular complexity index is 620. The maximum Gasteiger partial charge on any atom is 0.432 e. The van der Waals surface area contributed by atoms with Crippen LogP contribution in [0.3, 0.4) is 0 Å². The summed E-state index contributed by atoms with van der Waals surface area (Å²) in [6.07, 6.45) is -13.0. The summed E-state index contributed by atoms with van der Waals surface area (Å²) in [6, 6.07) is 8.40. The van der Waals surface area contributed by atoms with Crippen LogP contribution in [0.5, 0.6) is 0 Å². The molecule has 0 saturated heterocycles. The number of carboxylic acids is 1. The van der Waals surface area contributed by atoms with Crippen LogP contribution in [0, 0.1) is 5.92 Å². The Kier molecular flexibility index (Phi) is 6.80. The molecule has 0 heterocycles. The monoisotopic (exact) mass is 406 g/mol. The molecule has 26 heavy (non-hydrogen) atoms. The van der Waals surface area contributed by atoms with Crippen molar-refractivity contribution in [1.82, 2.24) is 10.6 Å². The van der Waals surface area contributed by atoms with Crippen LogP contribution < -0.4 is 10.6 Å². The SMILES string of the molecule is O=C(O)C(CNC(=S)NCc1ccccc1)C(F)(C(F)(F)F)C(F)(F)F. The van der Waals surface area contributed by atoms with E-state index in [1.54, 1.807) is 30.3 Å². The van der Waals surface area contributed by atoms with E-state index in [9.17, 15) is 35.5 Å². The molecule has 4 nitrogen and oxygen atoms in total. The molecule has 0 amide bonds. The molecule has 12 heteroatoms. The number of halogens is 7. The van der Waals surface area contributed by atoms with E-state index in [-0.39, 0.29) is 6.54 Å². The largest absolute Gasteiger partial charge is 0.481 e. The summed E-state index contributed by atoms with van der Waals surface area (Å²) in [4.78, 5) is 10.9. The molecule has 1 aromatic rings. The summed E-state index contributed by atoms with van der Waals surface area (Å²) in [5.74, 6) is -6.10. The molecule has 0 saturated carbocycles. The van der Waals surface area contributed by atoms with E-state index in [4.69, 9.17) is 5.11 Å². The standard InChI is InChI=1S/C14H13F7N2O2S/c15-12(13(16,17)18,14(19,20)21)9(10(24)25)7-23-11(26)22-6-8-4-2-1-3-5-8/h1-5,9H,6-7H2,(H,24,25)(H2,22,23,26). The minimum absolute atomic E-state index is 0.0731. The van der Waals surface area contributed by atoms with Crippen LogP contribution >= 0.6 is 12.2 Å². The first-order valence-corrected chi connectivity index (χ1v) is 7.32. The van der Waals surface area contributed by atoms with Gasteiger partial charge in [0.05, 0.1) is 0 Å². The van der Waals surface area contributed by atoms with Gasteiger partial charge in [-0.25, -0.2) is 4.39 Å². The maximum atomic E-state index is 13.9. The van der Waals surface area contributed by atoms with Crippen molar-refractivity contribution in [1.29, 1.82) is 0 Å². The van der Waals surface area contributed by atoms with Crippen molar-refractivity contribution in [2.75, 3.05) is 6.54 Å². The molecule has 1 rings (SSSR count). The minimum Gasteiger partial charge on any atom is -0.481 e. The second kappa shape index (κ2) is 8.06. The topological polar surface area (TPSA) is 61.4 Å². The predicted octanol–water partition coefficient (Wildman–Crippen LogP) is 3.18. The first-order chi connectivity index (χ1) is 11.8. The van der Waals surface area contributed by atoms with E-state index in [1.807, 2.05) is 5.32 Å². The Morgan fingerprint density at radius 1 is 1.00 bits per heavy atom. The van der Waals surface area contributed by atoms with Crippen molar-refractivity contribution >= 4 is 23.3 Å². The number of carbonyl (C=O) groups is 1. The highest BCUT2D eigenvalue weighted by molar-refractivity contribution is 7.80. The lowest BCUT2D eigenvalue weighted by molar-refractivity contribution is -0.354. The van der Waals surface area contributed by atoms with Crippen LogP contribution in [-0.4, -0.2) is 40.8 Å². The van der Waals surface area contributed by atoms with E-state index in [2.05, 4.69) is 17.5 Å². The van der Waals surface area contributed by atoms with Crippen LogP contribution in [-0.2, 0) is 11.3 Å². The molecule has 3 N–H and O–H groups in total. The van der Waals surface area contributed by atoms with Crippen molar-refractivity contribution in [2.45, 2.75) is 24.6 Å². The quantitative estimate of drug-likeness (QED) is 0.501. The van der Waals surface area contributed by atoms with E-state index < -0.39 is 41.6 Å². The van der Waals surface area contributed by atoms with Crippen LogP contribution in [0.15, 0.2) is 30.3 Å². The van der Waals surface area contributed by atoms with Gasteiger partial charge in [-0.1, -0.05) is 30.3 Å². The Balaban J connectivity index is 2.84. The Morgan fingerprint density at radius 3 is 1.92 bits per heavy atom. The number of hydrogen-bond donors (Lipinski definition) is 3. The molecule has 1 aromatic carbocycles. The van der Waals surface area contributed by atoms with Gasteiger partial charge in [-0.15, -0.1) is 0 Å². The van der Waals surface area contributed by atoms with Gasteiger partial charge in [0.2, 0.25) is 0 Å². The first-order valence-electron chi connectivity index (χ1n) is 6.91. The lowest BCUT2D eigenvalue weighted by atomic mass is 9.87. The van der Waals surface area contributed by atoms with Crippen molar-refractivity contribution in [3.05, 3.63) is 35.9 Å². The van der Waals surface area contributed by atoms with Gasteiger partial charge in [-0.2, -0.15) is 26.3 Å². The van der Waals surface area contributed by atoms with Gasteiger partial charge in [0.25, 0.3) is 0 Å². The molecule has 0 aliphatic heterocycles. The molecule has 146 valence electrons. The highest BCUT2D eigenvalue weighted by atomic mass is 32.1. The van der Waals surface area contributed by atoms with Crippen LogP contribution in [0.25, 0.3) is 0 Å². The molecule has 0 aromatic heterocycles.